The third-order valence-electron chi connectivity index (χ3n) is 2.38. The topological polar surface area (TPSA) is 107 Å². The Kier molecular flexibility index (Phi) is 4.63. The number of nitrogens with one attached hydrogen (secondary N) is 1. The summed E-state index contributed by atoms with van der Waals surface area (Å²) in [4.78, 5) is 31.7. The van der Waals surface area contributed by atoms with Gasteiger partial charge < -0.3 is 14.6 Å². The fraction of sp³-hybridized carbons (Fsp3) is 0.417. The van der Waals surface area contributed by atoms with Gasteiger partial charge in [-0.15, -0.1) is 0 Å². The summed E-state index contributed by atoms with van der Waals surface area (Å²) in [5.74, 6) is 0.0743. The Morgan fingerprint density at radius 1 is 1.38 bits per heavy atom. The summed E-state index contributed by atoms with van der Waals surface area (Å²) in [6, 6.07) is 0. The van der Waals surface area contributed by atoms with Crippen LogP contribution in [0.5, 0.6) is 0 Å². The second kappa shape index (κ2) is 6.44. The maximum atomic E-state index is 11.8. The summed E-state index contributed by atoms with van der Waals surface area (Å²) in [5, 5.41) is 7.02. The molecule has 2 heterocycles. The molecule has 0 unspecified atom stereocenters. The number of ether oxygens (including phenoxy) is 1. The van der Waals surface area contributed by atoms with Crippen LogP contribution in [0.3, 0.4) is 0 Å². The van der Waals surface area contributed by atoms with E-state index >= 15 is 0 Å². The number of nitrogens with zero attached hydrogens (tertiary/aromatic N) is 3. The van der Waals surface area contributed by atoms with Crippen LogP contribution in [0.4, 0.5) is 5.13 Å². The highest BCUT2D eigenvalue weighted by Crippen LogP contribution is 2.24. The molecule has 9 heteroatoms. The molecule has 0 bridgehead atoms. The van der Waals surface area contributed by atoms with E-state index in [-0.39, 0.29) is 29.5 Å². The second-order valence-corrected chi connectivity index (χ2v) is 5.06. The fourth-order valence-corrected chi connectivity index (χ4v) is 2.38. The molecular formula is C12H14N4O4S. The highest BCUT2D eigenvalue weighted by atomic mass is 32.1. The predicted molar refractivity (Wildman–Crippen MR) is 74.4 cm³/mol. The van der Waals surface area contributed by atoms with Gasteiger partial charge in [0.1, 0.15) is 4.88 Å². The number of carbonyl (C=O) groups excluding carboxylic acids is 2. The van der Waals surface area contributed by atoms with Gasteiger partial charge in [-0.1, -0.05) is 16.5 Å². The quantitative estimate of drug-likeness (QED) is 0.636. The number of aromatic nitrogens is 3. The molecule has 0 saturated carbocycles. The van der Waals surface area contributed by atoms with Crippen molar-refractivity contribution >= 4 is 28.2 Å². The number of Topliss-reactive ketones (excluding diaryl/α,β-unsaturated/α-hetero) is 1. The maximum absolute atomic E-state index is 11.8. The largest absolute Gasteiger partial charge is 0.461 e. The van der Waals surface area contributed by atoms with Gasteiger partial charge in [-0.05, 0) is 13.8 Å². The Balaban J connectivity index is 2.15. The molecule has 8 nitrogen and oxygen atoms in total. The van der Waals surface area contributed by atoms with Crippen molar-refractivity contribution in [1.82, 2.24) is 15.1 Å². The second-order valence-electron chi connectivity index (χ2n) is 4.06. The molecular weight excluding hydrogens is 296 g/mol. The van der Waals surface area contributed by atoms with E-state index < -0.39 is 5.97 Å². The molecule has 0 aliphatic rings. The van der Waals surface area contributed by atoms with E-state index in [2.05, 4.69) is 20.4 Å². The van der Waals surface area contributed by atoms with Crippen LogP contribution in [0.15, 0.2) is 4.52 Å². The first kappa shape index (κ1) is 15.1. The average Bonchev–Trinajstić information content (AvgIpc) is 3.03. The number of esters is 1. The van der Waals surface area contributed by atoms with E-state index in [0.29, 0.717) is 16.8 Å². The van der Waals surface area contributed by atoms with Crippen LogP contribution < -0.4 is 5.32 Å². The molecule has 1 N–H and O–H groups in total. The van der Waals surface area contributed by atoms with Crippen molar-refractivity contribution in [3.63, 3.8) is 0 Å². The SMILES string of the molecule is CCOC(=O)c1nc(NCc2nc(C)no2)sc1C(C)=O. The van der Waals surface area contributed by atoms with Gasteiger partial charge >= 0.3 is 5.97 Å². The monoisotopic (exact) mass is 310 g/mol. The first-order valence-electron chi connectivity index (χ1n) is 6.23. The van der Waals surface area contributed by atoms with Gasteiger partial charge in [-0.25, -0.2) is 9.78 Å². The fourth-order valence-electron chi connectivity index (χ4n) is 1.54. The van der Waals surface area contributed by atoms with Crippen LogP contribution in [0, 0.1) is 6.92 Å². The molecule has 0 aliphatic heterocycles. The lowest BCUT2D eigenvalue weighted by molar-refractivity contribution is 0.0517. The van der Waals surface area contributed by atoms with Gasteiger partial charge in [0.2, 0.25) is 5.89 Å². The molecule has 2 aromatic rings. The van der Waals surface area contributed by atoms with E-state index in [1.165, 1.54) is 6.92 Å². The third-order valence-corrected chi connectivity index (χ3v) is 3.49. The molecule has 2 rings (SSSR count). The lowest BCUT2D eigenvalue weighted by Crippen LogP contribution is -2.09. The summed E-state index contributed by atoms with van der Waals surface area (Å²) in [7, 11) is 0. The van der Waals surface area contributed by atoms with Crippen LogP contribution in [0.1, 0.15) is 45.7 Å². The molecule has 0 amide bonds. The van der Waals surface area contributed by atoms with Gasteiger partial charge in [-0.3, -0.25) is 4.79 Å². The first-order chi connectivity index (χ1) is 10.0. The highest BCUT2D eigenvalue weighted by Gasteiger charge is 2.22. The maximum Gasteiger partial charge on any atom is 0.358 e. The number of carbonyl (C=O) groups is 2. The number of hydrogen-bond acceptors (Lipinski definition) is 9. The molecule has 21 heavy (non-hydrogen) atoms. The van der Waals surface area contributed by atoms with E-state index in [4.69, 9.17) is 9.26 Å². The standard InChI is InChI=1S/C12H14N4O4S/c1-4-19-11(18)9-10(6(2)17)21-12(15-9)13-5-8-14-7(3)16-20-8/h4-5H2,1-3H3,(H,13,15). The third kappa shape index (κ3) is 3.63. The van der Waals surface area contributed by atoms with Crippen molar-refractivity contribution in [3.8, 4) is 0 Å². The van der Waals surface area contributed by atoms with E-state index in [0.717, 1.165) is 11.3 Å². The average molecular weight is 310 g/mol. The van der Waals surface area contributed by atoms with Crippen LogP contribution in [0.2, 0.25) is 0 Å². The minimum Gasteiger partial charge on any atom is -0.461 e. The molecule has 0 atom stereocenters. The van der Waals surface area contributed by atoms with Crippen molar-refractivity contribution in [2.45, 2.75) is 27.3 Å². The molecule has 112 valence electrons. The Morgan fingerprint density at radius 3 is 2.71 bits per heavy atom. The first-order valence-corrected chi connectivity index (χ1v) is 7.04. The number of hydrogen-bond donors (Lipinski definition) is 1. The zero-order valence-corrected chi connectivity index (χ0v) is 12.6. The van der Waals surface area contributed by atoms with E-state index in [1.54, 1.807) is 13.8 Å². The number of ketones is 1. The lowest BCUT2D eigenvalue weighted by Gasteiger charge is -1.99. The predicted octanol–water partition coefficient (Wildman–Crippen LogP) is 1.83. The molecule has 0 spiro atoms. The smallest absolute Gasteiger partial charge is 0.358 e. The number of aryl methyl sites for hydroxylation is 1. The van der Waals surface area contributed by atoms with Crippen LogP contribution >= 0.6 is 11.3 Å². The lowest BCUT2D eigenvalue weighted by atomic mass is 10.3. The van der Waals surface area contributed by atoms with Crippen LogP contribution in [-0.2, 0) is 11.3 Å². The van der Waals surface area contributed by atoms with Gasteiger partial charge in [0, 0.05) is 6.92 Å². The molecule has 0 aromatic carbocycles. The Hall–Kier alpha value is -2.29. The van der Waals surface area contributed by atoms with Crippen molar-refractivity contribution < 1.29 is 18.8 Å². The minimum atomic E-state index is -0.611. The molecule has 0 radical (unpaired) electrons. The van der Waals surface area contributed by atoms with Crippen molar-refractivity contribution in [3.05, 3.63) is 22.3 Å². The zero-order chi connectivity index (χ0) is 15.4. The number of rotatable bonds is 6. The van der Waals surface area contributed by atoms with Crippen LogP contribution in [0.25, 0.3) is 0 Å². The molecule has 2 aromatic heterocycles. The van der Waals surface area contributed by atoms with Gasteiger partial charge in [0.15, 0.2) is 22.4 Å². The number of anilines is 1. The zero-order valence-electron chi connectivity index (χ0n) is 11.8. The highest BCUT2D eigenvalue weighted by molar-refractivity contribution is 7.17. The summed E-state index contributed by atoms with van der Waals surface area (Å²) >= 11 is 1.09. The summed E-state index contributed by atoms with van der Waals surface area (Å²) in [5.41, 5.74) is 0.0264. The van der Waals surface area contributed by atoms with Crippen molar-refractivity contribution in [2.75, 3.05) is 11.9 Å². The Labute approximate surface area is 124 Å². The number of thiazole rings is 1. The van der Waals surface area contributed by atoms with E-state index in [1.807, 2.05) is 0 Å². The minimum absolute atomic E-state index is 0.0264. The van der Waals surface area contributed by atoms with Gasteiger partial charge in [0.05, 0.1) is 13.2 Å². The normalized spacial score (nSPS) is 10.4. The van der Waals surface area contributed by atoms with E-state index in [9.17, 15) is 9.59 Å². The summed E-state index contributed by atoms with van der Waals surface area (Å²) < 4.78 is 9.83. The molecule has 0 saturated heterocycles. The summed E-state index contributed by atoms with van der Waals surface area (Å²) in [6.45, 7) is 5.25. The van der Waals surface area contributed by atoms with Gasteiger partial charge in [-0.2, -0.15) is 4.98 Å². The Bertz CT molecular complexity index is 664. The molecule has 0 aliphatic carbocycles. The van der Waals surface area contributed by atoms with Crippen molar-refractivity contribution in [2.24, 2.45) is 0 Å². The van der Waals surface area contributed by atoms with Crippen molar-refractivity contribution in [1.29, 1.82) is 0 Å². The summed E-state index contributed by atoms with van der Waals surface area (Å²) in [6.07, 6.45) is 0. The Morgan fingerprint density at radius 2 is 2.14 bits per heavy atom. The van der Waals surface area contributed by atoms with Gasteiger partial charge in [0.25, 0.3) is 0 Å². The van der Waals surface area contributed by atoms with Crippen LogP contribution in [-0.4, -0.2) is 33.5 Å². The molecule has 0 fully saturated rings.